The van der Waals surface area contributed by atoms with Crippen molar-refractivity contribution < 1.29 is 0 Å². The van der Waals surface area contributed by atoms with E-state index in [9.17, 15) is 0 Å². The van der Waals surface area contributed by atoms with Crippen molar-refractivity contribution in [2.75, 3.05) is 0 Å². The standard InChI is InChI=1S/6C8H18.2C7H12.2C7H14/c2*1-7(2,3)8(4,5)6;2*1-6-7(2)8(3,4)5;1-6-8(4,5)7(2)3;1-6(2)8(5)7(3)4;1-7(4-5-7)6-2-3-6;1-5-4-7(5)6-2-3-6;1-6-4-7(2,3)5-6;1-5-4-6(2)7(5)3/h2*1-6H3;3*7H,6H2,1-5H3;6-8H,1-5H3;6H,2-5H2,1H3;5-7H,2-4H2,1H3;6H,4-5H2,1-3H3;5-7H,4H2,1-3H3/t;;7-;;;;;5-,7?;;/m..1....0../s1. The average molecular weight is 1070 g/mol. The summed E-state index contributed by atoms with van der Waals surface area (Å²) in [5, 5.41) is 0. The Hall–Kier alpha value is 0. The molecule has 0 bridgehead atoms. The van der Waals surface area contributed by atoms with Gasteiger partial charge < -0.3 is 0 Å². The summed E-state index contributed by atoms with van der Waals surface area (Å²) in [6.45, 7) is 91.8. The largest absolute Gasteiger partial charge is 0.0651 e. The zero-order valence-corrected chi connectivity index (χ0v) is 61.8. The van der Waals surface area contributed by atoms with Crippen molar-refractivity contribution in [1.82, 2.24) is 0 Å². The minimum Gasteiger partial charge on any atom is -0.0651 e. The molecule has 6 atom stereocenters. The number of rotatable bonds is 8. The van der Waals surface area contributed by atoms with Gasteiger partial charge in [-0.25, -0.2) is 0 Å². The van der Waals surface area contributed by atoms with E-state index < -0.39 is 0 Å². The molecule has 0 N–H and O–H groups in total. The van der Waals surface area contributed by atoms with Crippen LogP contribution < -0.4 is 0 Å². The second-order valence-electron chi connectivity index (χ2n) is 36.6. The second kappa shape index (κ2) is 34.6. The maximum atomic E-state index is 2.44. The highest BCUT2D eigenvalue weighted by molar-refractivity contribution is 5.00. The highest BCUT2D eigenvalue weighted by Gasteiger charge is 2.49. The Labute approximate surface area is 489 Å². The van der Waals surface area contributed by atoms with Crippen LogP contribution in [0.25, 0.3) is 0 Å². The van der Waals surface area contributed by atoms with Crippen molar-refractivity contribution in [2.24, 2.45) is 132 Å². The van der Waals surface area contributed by atoms with Gasteiger partial charge in [0, 0.05) is 0 Å². The van der Waals surface area contributed by atoms with E-state index in [-0.39, 0.29) is 0 Å². The van der Waals surface area contributed by atoms with Crippen molar-refractivity contribution >= 4 is 0 Å². The molecule has 0 heterocycles. The van der Waals surface area contributed by atoms with Gasteiger partial charge in [0.2, 0.25) is 0 Å². The smallest absolute Gasteiger partial charge is 0.0297 e. The predicted octanol–water partition coefficient (Wildman–Crippen LogP) is 27.3. The van der Waals surface area contributed by atoms with Crippen LogP contribution in [0.4, 0.5) is 0 Å². The lowest BCUT2D eigenvalue weighted by Crippen LogP contribution is -2.29. The fourth-order valence-electron chi connectivity index (χ4n) is 8.53. The van der Waals surface area contributed by atoms with Gasteiger partial charge in [0.25, 0.3) is 0 Å². The Bertz CT molecular complexity index is 1290. The Morgan fingerprint density at radius 2 is 0.737 bits per heavy atom. The molecule has 6 aliphatic carbocycles. The van der Waals surface area contributed by atoms with Crippen LogP contribution in [-0.4, -0.2) is 0 Å². The molecule has 76 heavy (non-hydrogen) atoms. The summed E-state index contributed by atoms with van der Waals surface area (Å²) in [5.74, 6) is 13.7. The van der Waals surface area contributed by atoms with E-state index in [1.54, 1.807) is 19.3 Å². The first-order chi connectivity index (χ1) is 33.5. The van der Waals surface area contributed by atoms with Gasteiger partial charge in [-0.1, -0.05) is 296 Å². The third-order valence-corrected chi connectivity index (χ3v) is 22.6. The SMILES string of the molecule is CC(C)(C)C(C)(C)C.CC(C)(C)C(C)(C)C.CC(C)C(C)C(C)C.CC1(C2CC2)CC1.CC1CC(C)(C)C1.CC1CC(C)C1C.CCC(C)(C)C(C)C.CCC(C)C(C)(C)C.CC[C@@H](C)C(C)(C)C.C[C@H]1CC1C1CC1. The highest BCUT2D eigenvalue weighted by Crippen LogP contribution is 2.60. The summed E-state index contributed by atoms with van der Waals surface area (Å²) >= 11 is 0. The maximum absolute atomic E-state index is 2.44. The van der Waals surface area contributed by atoms with Gasteiger partial charge in [-0.05, 0) is 196 Å². The van der Waals surface area contributed by atoms with E-state index in [2.05, 4.69) is 277 Å². The van der Waals surface area contributed by atoms with Crippen molar-refractivity contribution in [2.45, 2.75) is 360 Å². The zero-order valence-electron chi connectivity index (χ0n) is 61.8. The van der Waals surface area contributed by atoms with Crippen LogP contribution in [0.3, 0.4) is 0 Å². The molecule has 4 unspecified atom stereocenters. The minimum atomic E-state index is 0.437. The molecular weight excluding hydrogens is 913 g/mol. The topological polar surface area (TPSA) is 0 Å². The summed E-state index contributed by atoms with van der Waals surface area (Å²) < 4.78 is 0. The Morgan fingerprint density at radius 3 is 0.763 bits per heavy atom. The molecule has 6 aliphatic rings. The van der Waals surface area contributed by atoms with E-state index in [4.69, 9.17) is 0 Å². The normalized spacial score (nSPS) is 24.2. The van der Waals surface area contributed by atoms with Crippen LogP contribution in [-0.2, 0) is 0 Å². The molecule has 0 aliphatic heterocycles. The monoisotopic (exact) mass is 1070 g/mol. The molecule has 6 rings (SSSR count). The van der Waals surface area contributed by atoms with Crippen molar-refractivity contribution in [1.29, 1.82) is 0 Å². The van der Waals surface area contributed by atoms with Gasteiger partial charge in [-0.15, -0.1) is 0 Å². The lowest BCUT2D eigenvalue weighted by atomic mass is 9.65. The molecule has 0 radical (unpaired) electrons. The first-order valence-electron chi connectivity index (χ1n) is 33.5. The fourth-order valence-corrected chi connectivity index (χ4v) is 8.53. The van der Waals surface area contributed by atoms with Crippen LogP contribution in [0.2, 0.25) is 0 Å². The zero-order chi connectivity index (χ0) is 61.8. The highest BCUT2D eigenvalue weighted by atomic mass is 14.5. The lowest BCUT2D eigenvalue weighted by molar-refractivity contribution is 0.111. The first kappa shape index (κ1) is 82.5. The third kappa shape index (κ3) is 39.4. The summed E-state index contributed by atoms with van der Waals surface area (Å²) in [7, 11) is 0. The molecule has 464 valence electrons. The molecule has 0 amide bonds. The molecule has 0 nitrogen and oxygen atoms in total. The van der Waals surface area contributed by atoms with Gasteiger partial charge in [0.05, 0.1) is 0 Å². The molecule has 0 spiro atoms. The van der Waals surface area contributed by atoms with Gasteiger partial charge in [-0.2, -0.15) is 0 Å². The molecule has 6 saturated carbocycles. The van der Waals surface area contributed by atoms with Crippen molar-refractivity contribution in [3.05, 3.63) is 0 Å². The summed E-state index contributed by atoms with van der Waals surface area (Å²) in [5.41, 5.74) is 4.86. The number of hydrogen-bond acceptors (Lipinski definition) is 0. The lowest BCUT2D eigenvalue weighted by Gasteiger charge is -2.40. The summed E-state index contributed by atoms with van der Waals surface area (Å²) in [6.07, 6.45) is 19.0. The van der Waals surface area contributed by atoms with E-state index >= 15 is 0 Å². The molecule has 0 heteroatoms. The predicted molar refractivity (Wildman–Crippen MR) is 358 cm³/mol. The van der Waals surface area contributed by atoms with E-state index in [1.807, 2.05) is 0 Å². The molecule has 0 saturated heterocycles. The second-order valence-corrected chi connectivity index (χ2v) is 36.6. The van der Waals surface area contributed by atoms with Gasteiger partial charge >= 0.3 is 0 Å². The molecule has 0 aromatic carbocycles. The Morgan fingerprint density at radius 1 is 0.434 bits per heavy atom. The van der Waals surface area contributed by atoms with E-state index in [0.717, 1.165) is 76.4 Å². The van der Waals surface area contributed by atoms with E-state index in [0.29, 0.717) is 43.3 Å². The van der Waals surface area contributed by atoms with Gasteiger partial charge in [0.1, 0.15) is 0 Å². The van der Waals surface area contributed by atoms with Crippen LogP contribution >= 0.6 is 0 Å². The molecule has 0 aromatic heterocycles. The Kier molecular flexibility index (Phi) is 37.5. The Balaban J connectivity index is -0.000000379. The van der Waals surface area contributed by atoms with Crippen LogP contribution in [0.5, 0.6) is 0 Å². The maximum Gasteiger partial charge on any atom is -0.0297 e. The van der Waals surface area contributed by atoms with E-state index in [1.165, 1.54) is 76.0 Å². The quantitative estimate of drug-likeness (QED) is 0.227. The minimum absolute atomic E-state index is 0.437. The molecule has 0 aromatic rings. The average Bonchev–Trinajstić information content (AvgIpc) is 4.02. The van der Waals surface area contributed by atoms with Crippen LogP contribution in [0, 0.1) is 132 Å². The van der Waals surface area contributed by atoms with Crippen molar-refractivity contribution in [3.8, 4) is 0 Å². The number of hydrogen-bond donors (Lipinski definition) is 0. The third-order valence-electron chi connectivity index (χ3n) is 22.6. The van der Waals surface area contributed by atoms with Crippen LogP contribution in [0.1, 0.15) is 360 Å². The molecular formula is C76H160. The van der Waals surface area contributed by atoms with Crippen LogP contribution in [0.15, 0.2) is 0 Å². The first-order valence-corrected chi connectivity index (χ1v) is 33.5. The summed E-state index contributed by atoms with van der Waals surface area (Å²) in [6, 6.07) is 0. The van der Waals surface area contributed by atoms with Crippen molar-refractivity contribution in [3.63, 3.8) is 0 Å². The molecule has 6 fully saturated rings. The van der Waals surface area contributed by atoms with Gasteiger partial charge in [-0.3, -0.25) is 0 Å². The van der Waals surface area contributed by atoms with Gasteiger partial charge in [0.15, 0.2) is 0 Å². The summed E-state index contributed by atoms with van der Waals surface area (Å²) in [4.78, 5) is 0. The fraction of sp³-hybridized carbons (Fsp3) is 1.00.